The number of likely N-dealkylation sites (tertiary alicyclic amines) is 1. The van der Waals surface area contributed by atoms with E-state index in [0.717, 1.165) is 11.7 Å². The van der Waals surface area contributed by atoms with Gasteiger partial charge in [0.25, 0.3) is 0 Å². The van der Waals surface area contributed by atoms with Crippen LogP contribution < -0.4 is 4.72 Å². The Morgan fingerprint density at radius 2 is 2.20 bits per heavy atom. The molecule has 1 N–H and O–H groups in total. The van der Waals surface area contributed by atoms with E-state index in [1.807, 2.05) is 0 Å². The van der Waals surface area contributed by atoms with E-state index >= 15 is 0 Å². The molecule has 1 aromatic carbocycles. The summed E-state index contributed by atoms with van der Waals surface area (Å²) in [4.78, 5) is 13.1. The van der Waals surface area contributed by atoms with E-state index in [-0.39, 0.29) is 17.2 Å². The van der Waals surface area contributed by atoms with Gasteiger partial charge in [-0.2, -0.15) is 8.75 Å². The van der Waals surface area contributed by atoms with Crippen LogP contribution in [-0.4, -0.2) is 47.6 Å². The fourth-order valence-electron chi connectivity index (χ4n) is 2.22. The first-order valence-electron chi connectivity index (χ1n) is 5.95. The number of hydrogen-bond acceptors (Lipinski definition) is 6. The van der Waals surface area contributed by atoms with Crippen molar-refractivity contribution in [1.82, 2.24) is 18.4 Å². The third-order valence-corrected chi connectivity index (χ3v) is 5.30. The minimum absolute atomic E-state index is 0.0637. The van der Waals surface area contributed by atoms with E-state index < -0.39 is 16.1 Å². The number of sulfonamides is 1. The lowest BCUT2D eigenvalue weighted by molar-refractivity contribution is -0.126. The maximum absolute atomic E-state index is 12.4. The molecule has 1 fully saturated rings. The van der Waals surface area contributed by atoms with Gasteiger partial charge in [-0.15, -0.1) is 0 Å². The highest BCUT2D eigenvalue weighted by Crippen LogP contribution is 2.22. The molecule has 0 bridgehead atoms. The molecule has 106 valence electrons. The molecule has 0 aliphatic carbocycles. The highest BCUT2D eigenvalue weighted by molar-refractivity contribution is 7.89. The zero-order chi connectivity index (χ0) is 14.3. The van der Waals surface area contributed by atoms with E-state index in [4.69, 9.17) is 0 Å². The average molecular weight is 312 g/mol. The van der Waals surface area contributed by atoms with E-state index in [2.05, 4.69) is 13.5 Å². The molecule has 0 radical (unpaired) electrons. The number of carbonyl (C=O) groups is 1. The minimum atomic E-state index is -3.71. The van der Waals surface area contributed by atoms with Crippen molar-refractivity contribution in [1.29, 1.82) is 0 Å². The van der Waals surface area contributed by atoms with Gasteiger partial charge >= 0.3 is 0 Å². The molecule has 7 nitrogen and oxygen atoms in total. The molecule has 1 unspecified atom stereocenters. The summed E-state index contributed by atoms with van der Waals surface area (Å²) in [6.07, 6.45) is 0.182. The summed E-state index contributed by atoms with van der Waals surface area (Å²) >= 11 is 0.972. The number of benzene rings is 1. The molecule has 3 rings (SSSR count). The molecule has 2 heterocycles. The van der Waals surface area contributed by atoms with Gasteiger partial charge in [-0.1, -0.05) is 6.07 Å². The maximum Gasteiger partial charge on any atom is 0.243 e. The summed E-state index contributed by atoms with van der Waals surface area (Å²) in [5, 5.41) is 0. The van der Waals surface area contributed by atoms with E-state index in [0.29, 0.717) is 17.6 Å². The van der Waals surface area contributed by atoms with Crippen molar-refractivity contribution in [2.24, 2.45) is 0 Å². The second kappa shape index (κ2) is 4.76. The Labute approximate surface area is 120 Å². The van der Waals surface area contributed by atoms with Crippen LogP contribution in [0, 0.1) is 0 Å². The molecule has 0 saturated carbocycles. The first-order valence-corrected chi connectivity index (χ1v) is 8.16. The third-order valence-electron chi connectivity index (χ3n) is 3.20. The van der Waals surface area contributed by atoms with Gasteiger partial charge in [0.2, 0.25) is 15.9 Å². The lowest BCUT2D eigenvalue weighted by Gasteiger charge is -2.13. The molecule has 1 atom stereocenters. The Balaban J connectivity index is 1.93. The molecule has 1 amide bonds. The Kier molecular flexibility index (Phi) is 3.19. The lowest BCUT2D eigenvalue weighted by atomic mass is 10.3. The number of nitrogens with zero attached hydrogens (tertiary/aromatic N) is 3. The Bertz CT molecular complexity index is 771. The topological polar surface area (TPSA) is 92.3 Å². The standard InChI is InChI=1S/C11H12N4O3S2/c1-15-6-7(5-10(15)16)14-20(17,18)9-4-2-3-8-11(9)13-19-12-8/h2-4,7,14H,5-6H2,1H3. The molecule has 2 aromatic rings. The van der Waals surface area contributed by atoms with Gasteiger partial charge in [0.05, 0.1) is 11.7 Å². The molecule has 1 aromatic heterocycles. The fraction of sp³-hybridized carbons (Fsp3) is 0.364. The van der Waals surface area contributed by atoms with Crippen molar-refractivity contribution < 1.29 is 13.2 Å². The number of aromatic nitrogens is 2. The van der Waals surface area contributed by atoms with Crippen LogP contribution in [0.25, 0.3) is 11.0 Å². The number of hydrogen-bond donors (Lipinski definition) is 1. The highest BCUT2D eigenvalue weighted by Gasteiger charge is 2.31. The summed E-state index contributed by atoms with van der Waals surface area (Å²) in [6, 6.07) is 4.43. The van der Waals surface area contributed by atoms with Crippen LogP contribution in [0.1, 0.15) is 6.42 Å². The highest BCUT2D eigenvalue weighted by atomic mass is 32.2. The summed E-state index contributed by atoms with van der Waals surface area (Å²) in [6.45, 7) is 0.378. The number of amides is 1. The van der Waals surface area contributed by atoms with Crippen molar-refractivity contribution in [3.05, 3.63) is 18.2 Å². The number of nitrogens with one attached hydrogen (secondary N) is 1. The fourth-order valence-corrected chi connectivity index (χ4v) is 4.22. The van der Waals surface area contributed by atoms with Gasteiger partial charge in [0.15, 0.2) is 0 Å². The summed E-state index contributed by atoms with van der Waals surface area (Å²) in [7, 11) is -2.06. The first kappa shape index (κ1) is 13.4. The van der Waals surface area contributed by atoms with Crippen LogP contribution in [0.5, 0.6) is 0 Å². The Morgan fingerprint density at radius 1 is 1.40 bits per heavy atom. The summed E-state index contributed by atoms with van der Waals surface area (Å²) in [5.41, 5.74) is 0.917. The summed E-state index contributed by atoms with van der Waals surface area (Å²) < 4.78 is 35.4. The van der Waals surface area contributed by atoms with Gasteiger partial charge in [-0.25, -0.2) is 13.1 Å². The molecular weight excluding hydrogens is 300 g/mol. The van der Waals surface area contributed by atoms with Crippen molar-refractivity contribution in [3.8, 4) is 0 Å². The number of rotatable bonds is 3. The predicted molar refractivity (Wildman–Crippen MR) is 73.8 cm³/mol. The molecular formula is C11H12N4O3S2. The number of fused-ring (bicyclic) bond motifs is 1. The SMILES string of the molecule is CN1CC(NS(=O)(=O)c2cccc3nsnc23)CC1=O. The Morgan fingerprint density at radius 3 is 2.90 bits per heavy atom. The Hall–Kier alpha value is -1.58. The first-order chi connectivity index (χ1) is 9.47. The minimum Gasteiger partial charge on any atom is -0.344 e. The third kappa shape index (κ3) is 2.28. The zero-order valence-corrected chi connectivity index (χ0v) is 12.2. The molecule has 0 spiro atoms. The monoisotopic (exact) mass is 312 g/mol. The van der Waals surface area contributed by atoms with Gasteiger partial charge in [0, 0.05) is 26.1 Å². The molecule has 20 heavy (non-hydrogen) atoms. The molecule has 9 heteroatoms. The predicted octanol–water partition coefficient (Wildman–Crippen LogP) is 0.200. The van der Waals surface area contributed by atoms with E-state index in [9.17, 15) is 13.2 Å². The van der Waals surface area contributed by atoms with Gasteiger partial charge in [-0.05, 0) is 12.1 Å². The van der Waals surface area contributed by atoms with Crippen LogP contribution in [0.3, 0.4) is 0 Å². The molecule has 1 saturated heterocycles. The van der Waals surface area contributed by atoms with Crippen LogP contribution >= 0.6 is 11.7 Å². The maximum atomic E-state index is 12.4. The van der Waals surface area contributed by atoms with Crippen molar-refractivity contribution in [3.63, 3.8) is 0 Å². The molecule has 1 aliphatic rings. The van der Waals surface area contributed by atoms with E-state index in [1.54, 1.807) is 19.2 Å². The van der Waals surface area contributed by atoms with Crippen LogP contribution in [-0.2, 0) is 14.8 Å². The van der Waals surface area contributed by atoms with Crippen LogP contribution in [0.15, 0.2) is 23.1 Å². The lowest BCUT2D eigenvalue weighted by Crippen LogP contribution is -2.36. The normalized spacial score (nSPS) is 19.9. The van der Waals surface area contributed by atoms with E-state index in [1.165, 1.54) is 11.0 Å². The van der Waals surface area contributed by atoms with Crippen LogP contribution in [0.2, 0.25) is 0 Å². The van der Waals surface area contributed by atoms with Gasteiger partial charge in [0.1, 0.15) is 15.9 Å². The second-order valence-corrected chi connectivity index (χ2v) is 6.90. The van der Waals surface area contributed by atoms with Crippen molar-refractivity contribution >= 4 is 38.7 Å². The van der Waals surface area contributed by atoms with Crippen molar-refractivity contribution in [2.75, 3.05) is 13.6 Å². The van der Waals surface area contributed by atoms with Gasteiger partial charge < -0.3 is 4.90 Å². The van der Waals surface area contributed by atoms with Crippen LogP contribution in [0.4, 0.5) is 0 Å². The number of carbonyl (C=O) groups excluding carboxylic acids is 1. The smallest absolute Gasteiger partial charge is 0.243 e. The largest absolute Gasteiger partial charge is 0.344 e. The average Bonchev–Trinajstić information content (AvgIpc) is 2.95. The number of likely N-dealkylation sites (N-methyl/N-ethyl adjacent to an activating group) is 1. The second-order valence-electron chi connectivity index (χ2n) is 4.68. The zero-order valence-electron chi connectivity index (χ0n) is 10.6. The van der Waals surface area contributed by atoms with Gasteiger partial charge in [-0.3, -0.25) is 4.79 Å². The summed E-state index contributed by atoms with van der Waals surface area (Å²) in [5.74, 6) is -0.0637. The van der Waals surface area contributed by atoms with Crippen molar-refractivity contribution in [2.45, 2.75) is 17.4 Å². The quantitative estimate of drug-likeness (QED) is 0.874. The molecule has 1 aliphatic heterocycles.